The standard InChI is InChI=1S/C4H5N3O3/c8-1-2-5-3(4(9)10)7-6-2/h8H,1H2,(H,9,10)(H,5,6,7). The van der Waals surface area contributed by atoms with Gasteiger partial charge >= 0.3 is 5.97 Å². The Morgan fingerprint density at radius 3 is 2.70 bits per heavy atom. The molecule has 0 amide bonds. The Labute approximate surface area is 55.5 Å². The number of carboxylic acids is 1. The predicted octanol–water partition coefficient (Wildman–Crippen LogP) is -1.00. The topological polar surface area (TPSA) is 99.1 Å². The van der Waals surface area contributed by atoms with Crippen LogP contribution < -0.4 is 0 Å². The number of hydrogen-bond donors (Lipinski definition) is 3. The predicted molar refractivity (Wildman–Crippen MR) is 29.3 cm³/mol. The van der Waals surface area contributed by atoms with Gasteiger partial charge in [0, 0.05) is 0 Å². The number of aromatic carboxylic acids is 1. The molecular formula is C4H5N3O3. The first kappa shape index (κ1) is 6.69. The third-order valence-electron chi connectivity index (χ3n) is 0.873. The lowest BCUT2D eigenvalue weighted by atomic mass is 10.6. The summed E-state index contributed by atoms with van der Waals surface area (Å²) in [7, 11) is 0. The molecule has 54 valence electrons. The van der Waals surface area contributed by atoms with Crippen LogP contribution in [0, 0.1) is 0 Å². The zero-order valence-electron chi connectivity index (χ0n) is 4.90. The van der Waals surface area contributed by atoms with E-state index in [0.29, 0.717) is 0 Å². The van der Waals surface area contributed by atoms with E-state index < -0.39 is 5.97 Å². The molecule has 0 fully saturated rings. The number of aromatic amines is 1. The summed E-state index contributed by atoms with van der Waals surface area (Å²) in [6, 6.07) is 0. The highest BCUT2D eigenvalue weighted by Gasteiger charge is 2.08. The van der Waals surface area contributed by atoms with Crippen molar-refractivity contribution in [3.8, 4) is 0 Å². The van der Waals surface area contributed by atoms with Crippen molar-refractivity contribution in [2.24, 2.45) is 0 Å². The van der Waals surface area contributed by atoms with E-state index in [1.807, 2.05) is 0 Å². The summed E-state index contributed by atoms with van der Waals surface area (Å²) in [5.41, 5.74) is 0. The summed E-state index contributed by atoms with van der Waals surface area (Å²) in [6.45, 7) is -0.333. The maximum absolute atomic E-state index is 10.1. The molecule has 10 heavy (non-hydrogen) atoms. The van der Waals surface area contributed by atoms with Gasteiger partial charge in [0.25, 0.3) is 5.82 Å². The molecule has 0 unspecified atom stereocenters. The van der Waals surface area contributed by atoms with Gasteiger partial charge in [0.2, 0.25) is 0 Å². The molecule has 0 aliphatic carbocycles. The van der Waals surface area contributed by atoms with E-state index >= 15 is 0 Å². The van der Waals surface area contributed by atoms with Gasteiger partial charge in [0.05, 0.1) is 0 Å². The molecule has 1 heterocycles. The zero-order valence-corrected chi connectivity index (χ0v) is 4.90. The van der Waals surface area contributed by atoms with Crippen LogP contribution in [0.25, 0.3) is 0 Å². The monoisotopic (exact) mass is 143 g/mol. The third kappa shape index (κ3) is 1.11. The van der Waals surface area contributed by atoms with Gasteiger partial charge in [-0.2, -0.15) is 0 Å². The van der Waals surface area contributed by atoms with E-state index in [1.165, 1.54) is 0 Å². The minimum absolute atomic E-state index is 0.150. The SMILES string of the molecule is O=C(O)c1n[nH]c(CO)n1. The number of aromatic nitrogens is 3. The van der Waals surface area contributed by atoms with Gasteiger partial charge in [-0.05, 0) is 0 Å². The van der Waals surface area contributed by atoms with Gasteiger partial charge in [-0.15, -0.1) is 5.10 Å². The van der Waals surface area contributed by atoms with Crippen LogP contribution in [-0.4, -0.2) is 31.4 Å². The average molecular weight is 143 g/mol. The van der Waals surface area contributed by atoms with Crippen LogP contribution >= 0.6 is 0 Å². The molecule has 0 spiro atoms. The lowest BCUT2D eigenvalue weighted by Gasteiger charge is -1.79. The fraction of sp³-hybridized carbons (Fsp3) is 0.250. The first-order chi connectivity index (χ1) is 4.74. The van der Waals surface area contributed by atoms with E-state index in [2.05, 4.69) is 15.2 Å². The highest BCUT2D eigenvalue weighted by atomic mass is 16.4. The minimum Gasteiger partial charge on any atom is -0.475 e. The molecule has 6 nitrogen and oxygen atoms in total. The van der Waals surface area contributed by atoms with Gasteiger partial charge in [-0.1, -0.05) is 0 Å². The number of nitrogens with one attached hydrogen (secondary N) is 1. The Morgan fingerprint density at radius 2 is 2.40 bits per heavy atom. The molecule has 1 rings (SSSR count). The first-order valence-electron chi connectivity index (χ1n) is 2.49. The van der Waals surface area contributed by atoms with Crippen LogP contribution in [0.4, 0.5) is 0 Å². The summed E-state index contributed by atoms with van der Waals surface area (Å²) in [4.78, 5) is 13.5. The van der Waals surface area contributed by atoms with Gasteiger partial charge in [-0.25, -0.2) is 9.78 Å². The van der Waals surface area contributed by atoms with Gasteiger partial charge in [0.15, 0.2) is 5.82 Å². The van der Waals surface area contributed by atoms with Crippen LogP contribution in [-0.2, 0) is 6.61 Å². The number of carbonyl (C=O) groups is 1. The van der Waals surface area contributed by atoms with Crippen molar-refractivity contribution < 1.29 is 15.0 Å². The molecule has 0 saturated carbocycles. The van der Waals surface area contributed by atoms with Crippen LogP contribution in [0.5, 0.6) is 0 Å². The second-order valence-electron chi connectivity index (χ2n) is 1.57. The number of H-pyrrole nitrogens is 1. The van der Waals surface area contributed by atoms with Crippen LogP contribution in [0.3, 0.4) is 0 Å². The molecule has 0 atom stereocenters. The number of carboxylic acid groups (broad SMARTS) is 1. The van der Waals surface area contributed by atoms with E-state index in [4.69, 9.17) is 10.2 Å². The molecule has 6 heteroatoms. The molecule has 0 aliphatic rings. The minimum atomic E-state index is -1.21. The highest BCUT2D eigenvalue weighted by molar-refractivity contribution is 5.82. The lowest BCUT2D eigenvalue weighted by Crippen LogP contribution is -1.98. The maximum atomic E-state index is 10.1. The Balaban J connectivity index is 2.88. The zero-order chi connectivity index (χ0) is 7.56. The summed E-state index contributed by atoms with van der Waals surface area (Å²) >= 11 is 0. The van der Waals surface area contributed by atoms with Crippen LogP contribution in [0.2, 0.25) is 0 Å². The molecular weight excluding hydrogens is 138 g/mol. The summed E-state index contributed by atoms with van der Waals surface area (Å²) < 4.78 is 0. The van der Waals surface area contributed by atoms with Crippen molar-refractivity contribution in [2.75, 3.05) is 0 Å². The lowest BCUT2D eigenvalue weighted by molar-refractivity contribution is 0.0684. The normalized spacial score (nSPS) is 9.70. The molecule has 1 aromatic rings. The fourth-order valence-electron chi connectivity index (χ4n) is 0.462. The second kappa shape index (κ2) is 2.44. The number of aliphatic hydroxyl groups is 1. The highest BCUT2D eigenvalue weighted by Crippen LogP contribution is 1.90. The van der Waals surface area contributed by atoms with E-state index in [0.717, 1.165) is 0 Å². The Morgan fingerprint density at radius 1 is 1.70 bits per heavy atom. The van der Waals surface area contributed by atoms with E-state index in [-0.39, 0.29) is 18.3 Å². The number of rotatable bonds is 2. The van der Waals surface area contributed by atoms with E-state index in [1.54, 1.807) is 0 Å². The van der Waals surface area contributed by atoms with Crippen molar-refractivity contribution >= 4 is 5.97 Å². The third-order valence-corrected chi connectivity index (χ3v) is 0.873. The molecule has 3 N–H and O–H groups in total. The largest absolute Gasteiger partial charge is 0.475 e. The smallest absolute Gasteiger partial charge is 0.375 e. The molecule has 0 aliphatic heterocycles. The number of aliphatic hydroxyl groups excluding tert-OH is 1. The Kier molecular flexibility index (Phi) is 1.63. The van der Waals surface area contributed by atoms with Crippen LogP contribution in [0.15, 0.2) is 0 Å². The summed E-state index contributed by atoms with van der Waals surface area (Å²) in [5, 5.41) is 22.2. The van der Waals surface area contributed by atoms with Gasteiger partial charge < -0.3 is 10.2 Å². The second-order valence-corrected chi connectivity index (χ2v) is 1.57. The van der Waals surface area contributed by atoms with Gasteiger partial charge in [0.1, 0.15) is 6.61 Å². The molecule has 0 aromatic carbocycles. The fourth-order valence-corrected chi connectivity index (χ4v) is 0.462. The Hall–Kier alpha value is -1.43. The van der Waals surface area contributed by atoms with Crippen molar-refractivity contribution in [3.05, 3.63) is 11.6 Å². The Bertz CT molecular complexity index is 244. The van der Waals surface area contributed by atoms with Crippen molar-refractivity contribution in [1.82, 2.24) is 15.2 Å². The number of nitrogens with zero attached hydrogens (tertiary/aromatic N) is 2. The average Bonchev–Trinajstić information content (AvgIpc) is 2.34. The van der Waals surface area contributed by atoms with Crippen molar-refractivity contribution in [3.63, 3.8) is 0 Å². The van der Waals surface area contributed by atoms with Crippen molar-refractivity contribution in [1.29, 1.82) is 0 Å². The molecule has 0 bridgehead atoms. The van der Waals surface area contributed by atoms with Crippen molar-refractivity contribution in [2.45, 2.75) is 6.61 Å². The van der Waals surface area contributed by atoms with E-state index in [9.17, 15) is 4.79 Å². The molecule has 0 saturated heterocycles. The molecule has 0 radical (unpaired) electrons. The molecule has 1 aromatic heterocycles. The first-order valence-corrected chi connectivity index (χ1v) is 2.49. The quantitative estimate of drug-likeness (QED) is 0.492. The summed E-state index contributed by atoms with van der Waals surface area (Å²) in [6.07, 6.45) is 0. The maximum Gasteiger partial charge on any atom is 0.375 e. The van der Waals surface area contributed by atoms with Gasteiger partial charge in [-0.3, -0.25) is 5.10 Å². The number of hydrogen-bond acceptors (Lipinski definition) is 4. The van der Waals surface area contributed by atoms with Crippen LogP contribution in [0.1, 0.15) is 16.4 Å². The summed E-state index contributed by atoms with van der Waals surface area (Å²) in [5.74, 6) is -1.39.